The molecule has 0 aliphatic carbocycles. The molecule has 1 aromatic rings. The van der Waals surface area contributed by atoms with Crippen molar-refractivity contribution < 1.29 is 9.53 Å². The van der Waals surface area contributed by atoms with Gasteiger partial charge < -0.3 is 15.8 Å². The van der Waals surface area contributed by atoms with Crippen molar-refractivity contribution in [3.8, 4) is 0 Å². The highest BCUT2D eigenvalue weighted by atomic mass is 35.5. The van der Waals surface area contributed by atoms with Crippen LogP contribution in [-0.2, 0) is 9.53 Å². The van der Waals surface area contributed by atoms with E-state index in [1.165, 1.54) is 0 Å². The Kier molecular flexibility index (Phi) is 6.67. The molecule has 0 aliphatic rings. The highest BCUT2D eigenvalue weighted by Gasteiger charge is 2.06. The van der Waals surface area contributed by atoms with Gasteiger partial charge in [-0.1, -0.05) is 25.4 Å². The van der Waals surface area contributed by atoms with Gasteiger partial charge in [-0.15, -0.1) is 0 Å². The predicted molar refractivity (Wildman–Crippen MR) is 79.4 cm³/mol. The topological polar surface area (TPSA) is 64.3 Å². The molecule has 4 nitrogen and oxygen atoms in total. The van der Waals surface area contributed by atoms with Gasteiger partial charge in [0.25, 0.3) is 0 Å². The second-order valence-electron chi connectivity index (χ2n) is 4.87. The van der Waals surface area contributed by atoms with Crippen molar-refractivity contribution >= 4 is 28.9 Å². The van der Waals surface area contributed by atoms with Crippen molar-refractivity contribution in [1.29, 1.82) is 0 Å². The number of carbonyl (C=O) groups excluding carboxylic acids is 1. The van der Waals surface area contributed by atoms with Crippen molar-refractivity contribution in [3.05, 3.63) is 23.2 Å². The summed E-state index contributed by atoms with van der Waals surface area (Å²) < 4.78 is 5.30. The Hall–Kier alpha value is -1.26. The van der Waals surface area contributed by atoms with Crippen LogP contribution >= 0.6 is 11.6 Å². The van der Waals surface area contributed by atoms with E-state index in [4.69, 9.17) is 22.1 Å². The third-order valence-electron chi connectivity index (χ3n) is 2.59. The van der Waals surface area contributed by atoms with Gasteiger partial charge in [0.05, 0.1) is 11.4 Å². The fraction of sp³-hybridized carbons (Fsp3) is 0.500. The molecule has 0 heterocycles. The molecule has 1 aromatic carbocycles. The average Bonchev–Trinajstić information content (AvgIpc) is 2.32. The van der Waals surface area contributed by atoms with Crippen LogP contribution in [0.25, 0.3) is 0 Å². The first-order valence-corrected chi connectivity index (χ1v) is 6.79. The van der Waals surface area contributed by atoms with Gasteiger partial charge in [-0.3, -0.25) is 4.79 Å². The molecule has 1 amide bonds. The Morgan fingerprint density at radius 1 is 1.47 bits per heavy atom. The Morgan fingerprint density at radius 3 is 2.84 bits per heavy atom. The van der Waals surface area contributed by atoms with E-state index < -0.39 is 0 Å². The molecule has 19 heavy (non-hydrogen) atoms. The summed E-state index contributed by atoms with van der Waals surface area (Å²) in [4.78, 5) is 11.6. The predicted octanol–water partition coefficient (Wildman–Crippen LogP) is 3.31. The number of halogens is 1. The van der Waals surface area contributed by atoms with Gasteiger partial charge in [0.15, 0.2) is 0 Å². The number of nitrogen functional groups attached to an aromatic ring is 1. The van der Waals surface area contributed by atoms with Crippen LogP contribution in [-0.4, -0.2) is 19.1 Å². The number of benzene rings is 1. The fourth-order valence-corrected chi connectivity index (χ4v) is 1.77. The minimum atomic E-state index is -0.210. The third-order valence-corrected chi connectivity index (χ3v) is 2.83. The SMILES string of the molecule is CC(C)CCCOCC(=O)Nc1ccc(Cl)cc1N. The molecule has 0 aliphatic heterocycles. The van der Waals surface area contributed by atoms with Crippen LogP contribution in [0.15, 0.2) is 18.2 Å². The van der Waals surface area contributed by atoms with Crippen LogP contribution in [0.5, 0.6) is 0 Å². The number of nitrogens with two attached hydrogens (primary N) is 1. The van der Waals surface area contributed by atoms with Crippen molar-refractivity contribution in [2.75, 3.05) is 24.3 Å². The van der Waals surface area contributed by atoms with Crippen molar-refractivity contribution in [2.45, 2.75) is 26.7 Å². The molecule has 0 aromatic heterocycles. The lowest BCUT2D eigenvalue weighted by molar-refractivity contribution is -0.120. The maximum Gasteiger partial charge on any atom is 0.250 e. The van der Waals surface area contributed by atoms with Crippen molar-refractivity contribution in [3.63, 3.8) is 0 Å². The molecule has 5 heteroatoms. The highest BCUT2D eigenvalue weighted by molar-refractivity contribution is 6.31. The normalized spacial score (nSPS) is 10.7. The lowest BCUT2D eigenvalue weighted by atomic mass is 10.1. The molecule has 0 spiro atoms. The van der Waals surface area contributed by atoms with Crippen LogP contribution in [0, 0.1) is 5.92 Å². The van der Waals surface area contributed by atoms with Gasteiger partial charge in [-0.05, 0) is 37.0 Å². The number of hydrogen-bond acceptors (Lipinski definition) is 3. The van der Waals surface area contributed by atoms with E-state index in [0.29, 0.717) is 28.9 Å². The van der Waals surface area contributed by atoms with E-state index in [0.717, 1.165) is 12.8 Å². The van der Waals surface area contributed by atoms with E-state index >= 15 is 0 Å². The Labute approximate surface area is 119 Å². The van der Waals surface area contributed by atoms with Crippen LogP contribution in [0.3, 0.4) is 0 Å². The van der Waals surface area contributed by atoms with E-state index in [9.17, 15) is 4.79 Å². The molecule has 3 N–H and O–H groups in total. The quantitative estimate of drug-likeness (QED) is 0.596. The number of anilines is 2. The minimum Gasteiger partial charge on any atom is -0.397 e. The summed E-state index contributed by atoms with van der Waals surface area (Å²) in [6, 6.07) is 4.95. The summed E-state index contributed by atoms with van der Waals surface area (Å²) >= 11 is 5.78. The summed E-state index contributed by atoms with van der Waals surface area (Å²) in [5.74, 6) is 0.449. The average molecular weight is 285 g/mol. The lowest BCUT2D eigenvalue weighted by Gasteiger charge is -2.09. The number of rotatable bonds is 7. The summed E-state index contributed by atoms with van der Waals surface area (Å²) in [6.45, 7) is 4.97. The van der Waals surface area contributed by atoms with E-state index in [2.05, 4.69) is 19.2 Å². The van der Waals surface area contributed by atoms with Gasteiger partial charge >= 0.3 is 0 Å². The van der Waals surface area contributed by atoms with Gasteiger partial charge in [-0.2, -0.15) is 0 Å². The van der Waals surface area contributed by atoms with E-state index in [1.807, 2.05) is 0 Å². The Balaban J connectivity index is 2.27. The van der Waals surface area contributed by atoms with Gasteiger partial charge in [0.1, 0.15) is 6.61 Å². The van der Waals surface area contributed by atoms with Crippen LogP contribution in [0.1, 0.15) is 26.7 Å². The molecular weight excluding hydrogens is 264 g/mol. The Bertz CT molecular complexity index is 422. The second kappa shape index (κ2) is 8.02. The van der Waals surface area contributed by atoms with Crippen molar-refractivity contribution in [1.82, 2.24) is 0 Å². The molecule has 0 bridgehead atoms. The number of hydrogen-bond donors (Lipinski definition) is 2. The first kappa shape index (κ1) is 15.8. The molecule has 106 valence electrons. The molecule has 0 saturated carbocycles. The fourth-order valence-electron chi connectivity index (χ4n) is 1.59. The summed E-state index contributed by atoms with van der Waals surface area (Å²) in [7, 11) is 0. The molecule has 1 rings (SSSR count). The maximum absolute atomic E-state index is 11.6. The molecule has 0 fully saturated rings. The lowest BCUT2D eigenvalue weighted by Crippen LogP contribution is -2.19. The zero-order valence-electron chi connectivity index (χ0n) is 11.4. The number of ether oxygens (including phenoxy) is 1. The number of amides is 1. The minimum absolute atomic E-state index is 0.0418. The largest absolute Gasteiger partial charge is 0.397 e. The van der Waals surface area contributed by atoms with Crippen molar-refractivity contribution in [2.24, 2.45) is 5.92 Å². The first-order chi connectivity index (χ1) is 8.99. The molecule has 0 atom stereocenters. The number of nitrogens with one attached hydrogen (secondary N) is 1. The standard InChI is InChI=1S/C14H21ClN2O2/c1-10(2)4-3-7-19-9-14(18)17-13-6-5-11(15)8-12(13)16/h5-6,8,10H,3-4,7,9,16H2,1-2H3,(H,17,18). The molecular formula is C14H21ClN2O2. The summed E-state index contributed by atoms with van der Waals surface area (Å²) in [5, 5.41) is 3.23. The Morgan fingerprint density at radius 2 is 2.21 bits per heavy atom. The molecule has 0 unspecified atom stereocenters. The van der Waals surface area contributed by atoms with Gasteiger partial charge in [-0.25, -0.2) is 0 Å². The zero-order valence-corrected chi connectivity index (χ0v) is 12.2. The molecule has 0 saturated heterocycles. The maximum atomic E-state index is 11.6. The smallest absolute Gasteiger partial charge is 0.250 e. The van der Waals surface area contributed by atoms with E-state index in [1.54, 1.807) is 18.2 Å². The highest BCUT2D eigenvalue weighted by Crippen LogP contribution is 2.22. The van der Waals surface area contributed by atoms with Gasteiger partial charge in [0, 0.05) is 11.6 Å². The van der Waals surface area contributed by atoms with Crippen LogP contribution < -0.4 is 11.1 Å². The van der Waals surface area contributed by atoms with Gasteiger partial charge in [0.2, 0.25) is 5.91 Å². The monoisotopic (exact) mass is 284 g/mol. The van der Waals surface area contributed by atoms with Crippen LogP contribution in [0.4, 0.5) is 11.4 Å². The van der Waals surface area contributed by atoms with Crippen LogP contribution in [0.2, 0.25) is 5.02 Å². The number of carbonyl (C=O) groups is 1. The zero-order chi connectivity index (χ0) is 14.3. The summed E-state index contributed by atoms with van der Waals surface area (Å²) in [6.07, 6.45) is 2.07. The summed E-state index contributed by atoms with van der Waals surface area (Å²) in [5.41, 5.74) is 6.74. The van der Waals surface area contributed by atoms with E-state index in [-0.39, 0.29) is 12.5 Å². The second-order valence-corrected chi connectivity index (χ2v) is 5.30. The molecule has 0 radical (unpaired) electrons. The third kappa shape index (κ3) is 6.45. The first-order valence-electron chi connectivity index (χ1n) is 6.41.